The number of hydrogen-bond donors (Lipinski definition) is 1. The van der Waals surface area contributed by atoms with Gasteiger partial charge in [0.25, 0.3) is 0 Å². The Kier molecular flexibility index (Phi) is 3.33. The number of halogens is 1. The summed E-state index contributed by atoms with van der Waals surface area (Å²) in [4.78, 5) is 4.22. The lowest BCUT2D eigenvalue weighted by atomic mass is 10.1. The number of aromatic nitrogens is 1. The minimum atomic E-state index is 0.0590. The van der Waals surface area contributed by atoms with Crippen LogP contribution in [0.3, 0.4) is 0 Å². The second kappa shape index (κ2) is 4.53. The number of thiophene rings is 1. The van der Waals surface area contributed by atoms with Gasteiger partial charge in [0.05, 0.1) is 8.79 Å². The third-order valence-corrected chi connectivity index (χ3v) is 4.22. The van der Waals surface area contributed by atoms with Crippen molar-refractivity contribution < 1.29 is 0 Å². The van der Waals surface area contributed by atoms with Gasteiger partial charge in [-0.1, -0.05) is 0 Å². The molecule has 14 heavy (non-hydrogen) atoms. The number of thiazole rings is 1. The van der Waals surface area contributed by atoms with E-state index in [1.807, 2.05) is 11.6 Å². The Morgan fingerprint density at radius 2 is 2.36 bits per heavy atom. The molecule has 1 atom stereocenters. The molecule has 0 saturated carbocycles. The molecule has 0 spiro atoms. The lowest BCUT2D eigenvalue weighted by Gasteiger charge is -2.06. The number of rotatable bonds is 3. The fourth-order valence-corrected chi connectivity index (χ4v) is 3.09. The largest absolute Gasteiger partial charge is 0.324 e. The molecule has 2 aromatic rings. The Hall–Kier alpha value is -0.230. The molecule has 0 radical (unpaired) electrons. The van der Waals surface area contributed by atoms with Crippen LogP contribution in [0.25, 0.3) is 0 Å². The van der Waals surface area contributed by atoms with Gasteiger partial charge >= 0.3 is 0 Å². The molecule has 0 aliphatic carbocycles. The smallest absolute Gasteiger partial charge is 0.0943 e. The van der Waals surface area contributed by atoms with Crippen LogP contribution in [-0.4, -0.2) is 4.98 Å². The van der Waals surface area contributed by atoms with Gasteiger partial charge in [0.1, 0.15) is 0 Å². The summed E-state index contributed by atoms with van der Waals surface area (Å²) in [7, 11) is 0. The Balaban J connectivity index is 2.06. The van der Waals surface area contributed by atoms with E-state index in [1.54, 1.807) is 22.7 Å². The van der Waals surface area contributed by atoms with Gasteiger partial charge in [-0.05, 0) is 32.9 Å². The maximum atomic E-state index is 6.05. The molecule has 0 aliphatic rings. The maximum absolute atomic E-state index is 6.05. The van der Waals surface area contributed by atoms with E-state index in [0.29, 0.717) is 0 Å². The van der Waals surface area contributed by atoms with Crippen molar-refractivity contribution >= 4 is 38.6 Å². The number of nitrogens with two attached hydrogens (primary N) is 1. The van der Waals surface area contributed by atoms with Crippen molar-refractivity contribution in [3.8, 4) is 0 Å². The summed E-state index contributed by atoms with van der Waals surface area (Å²) in [5.41, 5.74) is 7.23. The van der Waals surface area contributed by atoms with Crippen molar-refractivity contribution in [3.05, 3.63) is 37.4 Å². The third-order valence-electron chi connectivity index (χ3n) is 1.89. The Labute approximate surface area is 98.9 Å². The van der Waals surface area contributed by atoms with E-state index in [0.717, 1.165) is 15.2 Å². The van der Waals surface area contributed by atoms with E-state index < -0.39 is 0 Å². The number of hydrogen-bond acceptors (Lipinski definition) is 4. The van der Waals surface area contributed by atoms with Crippen LogP contribution in [0.2, 0.25) is 0 Å². The van der Waals surface area contributed by atoms with Gasteiger partial charge in [-0.15, -0.1) is 22.7 Å². The van der Waals surface area contributed by atoms with Crippen LogP contribution in [0.15, 0.2) is 26.8 Å². The average Bonchev–Trinajstić information content (AvgIpc) is 2.75. The molecule has 5 heteroatoms. The monoisotopic (exact) mass is 288 g/mol. The summed E-state index contributed by atoms with van der Waals surface area (Å²) >= 11 is 6.75. The van der Waals surface area contributed by atoms with E-state index in [1.165, 1.54) is 5.56 Å². The van der Waals surface area contributed by atoms with Gasteiger partial charge in [-0.2, -0.15) is 0 Å². The zero-order valence-corrected chi connectivity index (χ0v) is 10.5. The summed E-state index contributed by atoms with van der Waals surface area (Å²) in [5, 5.41) is 5.16. The second-order valence-electron chi connectivity index (χ2n) is 2.92. The van der Waals surface area contributed by atoms with Gasteiger partial charge in [0.15, 0.2) is 0 Å². The van der Waals surface area contributed by atoms with Gasteiger partial charge < -0.3 is 5.73 Å². The van der Waals surface area contributed by atoms with Crippen LogP contribution in [0.5, 0.6) is 0 Å². The SMILES string of the molecule is NC(Cc1nccs1)c1csc(Br)c1. The molecule has 2 N–H and O–H groups in total. The highest BCUT2D eigenvalue weighted by atomic mass is 79.9. The molecular weight excluding hydrogens is 280 g/mol. The molecule has 1 unspecified atom stereocenters. The average molecular weight is 289 g/mol. The topological polar surface area (TPSA) is 38.9 Å². The van der Waals surface area contributed by atoms with E-state index >= 15 is 0 Å². The molecule has 0 amide bonds. The van der Waals surface area contributed by atoms with Gasteiger partial charge in [-0.25, -0.2) is 4.98 Å². The first-order chi connectivity index (χ1) is 6.75. The molecule has 2 heterocycles. The van der Waals surface area contributed by atoms with Crippen LogP contribution >= 0.6 is 38.6 Å². The lowest BCUT2D eigenvalue weighted by molar-refractivity contribution is 0.721. The summed E-state index contributed by atoms with van der Waals surface area (Å²) in [5.74, 6) is 0. The molecule has 0 aliphatic heterocycles. The van der Waals surface area contributed by atoms with Crippen LogP contribution in [0.1, 0.15) is 16.6 Å². The molecule has 2 aromatic heterocycles. The predicted molar refractivity (Wildman–Crippen MR) is 64.8 cm³/mol. The van der Waals surface area contributed by atoms with Crippen LogP contribution < -0.4 is 5.73 Å². The highest BCUT2D eigenvalue weighted by Crippen LogP contribution is 2.26. The highest BCUT2D eigenvalue weighted by molar-refractivity contribution is 9.11. The van der Waals surface area contributed by atoms with E-state index in [-0.39, 0.29) is 6.04 Å². The molecule has 74 valence electrons. The van der Waals surface area contributed by atoms with Crippen molar-refractivity contribution in [3.63, 3.8) is 0 Å². The van der Waals surface area contributed by atoms with Crippen molar-refractivity contribution in [2.75, 3.05) is 0 Å². The highest BCUT2D eigenvalue weighted by Gasteiger charge is 2.10. The summed E-state index contributed by atoms with van der Waals surface area (Å²) in [6.07, 6.45) is 2.64. The molecule has 0 aromatic carbocycles. The fraction of sp³-hybridized carbons (Fsp3) is 0.222. The zero-order chi connectivity index (χ0) is 9.97. The van der Waals surface area contributed by atoms with Crippen molar-refractivity contribution in [1.82, 2.24) is 4.98 Å². The van der Waals surface area contributed by atoms with E-state index in [2.05, 4.69) is 32.4 Å². The summed E-state index contributed by atoms with van der Waals surface area (Å²) in [6.45, 7) is 0. The zero-order valence-electron chi connectivity index (χ0n) is 7.31. The lowest BCUT2D eigenvalue weighted by Crippen LogP contribution is -2.12. The van der Waals surface area contributed by atoms with E-state index in [9.17, 15) is 0 Å². The van der Waals surface area contributed by atoms with Gasteiger partial charge in [0, 0.05) is 24.0 Å². The van der Waals surface area contributed by atoms with Crippen LogP contribution in [0.4, 0.5) is 0 Å². The van der Waals surface area contributed by atoms with Gasteiger partial charge in [0.2, 0.25) is 0 Å². The molecule has 2 rings (SSSR count). The molecule has 0 bridgehead atoms. The molecule has 0 fully saturated rings. The van der Waals surface area contributed by atoms with Crippen molar-refractivity contribution in [1.29, 1.82) is 0 Å². The summed E-state index contributed by atoms with van der Waals surface area (Å²) in [6, 6.07) is 2.13. The minimum absolute atomic E-state index is 0.0590. The quantitative estimate of drug-likeness (QED) is 0.942. The normalized spacial score (nSPS) is 13.0. The van der Waals surface area contributed by atoms with Crippen LogP contribution in [0, 0.1) is 0 Å². The third kappa shape index (κ3) is 2.42. The standard InChI is InChI=1S/C9H9BrN2S2/c10-8-3-6(5-14-8)7(11)4-9-12-1-2-13-9/h1-3,5,7H,4,11H2. The molecule has 2 nitrogen and oxygen atoms in total. The maximum Gasteiger partial charge on any atom is 0.0943 e. The predicted octanol–water partition coefficient (Wildman–Crippen LogP) is 3.21. The Bertz CT molecular complexity index is 397. The van der Waals surface area contributed by atoms with Crippen LogP contribution in [-0.2, 0) is 6.42 Å². The van der Waals surface area contributed by atoms with Crippen molar-refractivity contribution in [2.45, 2.75) is 12.5 Å². The minimum Gasteiger partial charge on any atom is -0.324 e. The number of nitrogens with zero attached hydrogens (tertiary/aromatic N) is 1. The first-order valence-corrected chi connectivity index (χ1v) is 6.69. The molecular formula is C9H9BrN2S2. The van der Waals surface area contributed by atoms with Crippen molar-refractivity contribution in [2.24, 2.45) is 5.73 Å². The fourth-order valence-electron chi connectivity index (χ4n) is 1.18. The Morgan fingerprint density at radius 1 is 1.50 bits per heavy atom. The second-order valence-corrected chi connectivity index (χ2v) is 6.19. The molecule has 0 saturated heterocycles. The summed E-state index contributed by atoms with van der Waals surface area (Å²) < 4.78 is 1.13. The first kappa shape index (κ1) is 10.3. The Morgan fingerprint density at radius 3 is 2.93 bits per heavy atom. The van der Waals surface area contributed by atoms with E-state index in [4.69, 9.17) is 5.73 Å². The first-order valence-electron chi connectivity index (χ1n) is 4.13. The van der Waals surface area contributed by atoms with Gasteiger partial charge in [-0.3, -0.25) is 0 Å².